The molecule has 1 saturated carbocycles. The first kappa shape index (κ1) is 10.7. The fourth-order valence-electron chi connectivity index (χ4n) is 2.21. The van der Waals surface area contributed by atoms with Gasteiger partial charge in [-0.15, -0.1) is 0 Å². The maximum absolute atomic E-state index is 5.84. The van der Waals surface area contributed by atoms with Gasteiger partial charge in [-0.25, -0.2) is 0 Å². The van der Waals surface area contributed by atoms with Gasteiger partial charge in [0.1, 0.15) is 0 Å². The Kier molecular flexibility index (Phi) is 3.12. The average Bonchev–Trinajstić information content (AvgIpc) is 2.93. The van der Waals surface area contributed by atoms with Crippen molar-refractivity contribution in [3.8, 4) is 0 Å². The minimum absolute atomic E-state index is 0.387. The SMILES string of the molecule is CC(c1ccoc1)N(C)C(CN)C1CC1. The number of furan rings is 1. The Hall–Kier alpha value is -0.800. The van der Waals surface area contributed by atoms with Crippen LogP contribution in [0, 0.1) is 5.92 Å². The highest BCUT2D eigenvalue weighted by atomic mass is 16.3. The maximum Gasteiger partial charge on any atom is 0.0950 e. The van der Waals surface area contributed by atoms with Crippen LogP contribution >= 0.6 is 0 Å². The predicted octanol–water partition coefficient (Wildman–Crippen LogP) is 2.01. The van der Waals surface area contributed by atoms with Crippen molar-refractivity contribution >= 4 is 0 Å². The van der Waals surface area contributed by atoms with E-state index in [1.165, 1.54) is 18.4 Å². The lowest BCUT2D eigenvalue weighted by atomic mass is 10.1. The van der Waals surface area contributed by atoms with E-state index < -0.39 is 0 Å². The standard InChI is InChI=1S/C12H20N2O/c1-9(11-5-6-15-8-11)14(2)12(7-13)10-3-4-10/h5-6,8-10,12H,3-4,7,13H2,1-2H3. The number of hydrogen-bond acceptors (Lipinski definition) is 3. The summed E-state index contributed by atoms with van der Waals surface area (Å²) in [6.45, 7) is 2.96. The van der Waals surface area contributed by atoms with Crippen molar-refractivity contribution in [1.29, 1.82) is 0 Å². The number of rotatable bonds is 5. The largest absolute Gasteiger partial charge is 0.472 e. The molecule has 1 aromatic rings. The van der Waals surface area contributed by atoms with Gasteiger partial charge >= 0.3 is 0 Å². The van der Waals surface area contributed by atoms with Gasteiger partial charge in [0, 0.05) is 24.2 Å². The van der Waals surface area contributed by atoms with Crippen molar-refractivity contribution in [3.05, 3.63) is 24.2 Å². The topological polar surface area (TPSA) is 42.4 Å². The molecule has 3 nitrogen and oxygen atoms in total. The van der Waals surface area contributed by atoms with Crippen molar-refractivity contribution in [2.24, 2.45) is 11.7 Å². The Morgan fingerprint density at radius 3 is 2.80 bits per heavy atom. The van der Waals surface area contributed by atoms with Gasteiger partial charge < -0.3 is 10.2 Å². The lowest BCUT2D eigenvalue weighted by molar-refractivity contribution is 0.170. The van der Waals surface area contributed by atoms with Crippen molar-refractivity contribution in [1.82, 2.24) is 4.90 Å². The van der Waals surface area contributed by atoms with Crippen LogP contribution in [-0.2, 0) is 0 Å². The van der Waals surface area contributed by atoms with Gasteiger partial charge in [-0.3, -0.25) is 4.90 Å². The summed E-state index contributed by atoms with van der Waals surface area (Å²) in [5.41, 5.74) is 7.07. The summed E-state index contributed by atoms with van der Waals surface area (Å²) >= 11 is 0. The van der Waals surface area contributed by atoms with Crippen LogP contribution in [0.1, 0.15) is 31.4 Å². The van der Waals surface area contributed by atoms with Gasteiger partial charge in [0.15, 0.2) is 0 Å². The van der Waals surface area contributed by atoms with Crippen LogP contribution in [-0.4, -0.2) is 24.5 Å². The fraction of sp³-hybridized carbons (Fsp3) is 0.667. The van der Waals surface area contributed by atoms with Gasteiger partial charge in [0.2, 0.25) is 0 Å². The van der Waals surface area contributed by atoms with Crippen LogP contribution in [0.2, 0.25) is 0 Å². The summed E-state index contributed by atoms with van der Waals surface area (Å²) in [5, 5.41) is 0. The molecule has 0 spiro atoms. The molecule has 2 atom stereocenters. The third-order valence-electron chi connectivity index (χ3n) is 3.57. The smallest absolute Gasteiger partial charge is 0.0950 e. The van der Waals surface area contributed by atoms with Crippen LogP contribution in [0.25, 0.3) is 0 Å². The van der Waals surface area contributed by atoms with Crippen LogP contribution in [0.4, 0.5) is 0 Å². The molecule has 0 bridgehead atoms. The molecular weight excluding hydrogens is 188 g/mol. The Bertz CT molecular complexity index is 293. The molecule has 2 N–H and O–H groups in total. The molecule has 2 rings (SSSR count). The molecule has 1 heterocycles. The highest BCUT2D eigenvalue weighted by Gasteiger charge is 2.34. The van der Waals surface area contributed by atoms with Crippen molar-refractivity contribution in [2.45, 2.75) is 31.8 Å². The van der Waals surface area contributed by atoms with E-state index in [-0.39, 0.29) is 0 Å². The first-order valence-corrected chi connectivity index (χ1v) is 5.68. The van der Waals surface area contributed by atoms with Gasteiger partial charge in [-0.05, 0) is 38.8 Å². The summed E-state index contributed by atoms with van der Waals surface area (Å²) < 4.78 is 5.12. The molecule has 15 heavy (non-hydrogen) atoms. The lowest BCUT2D eigenvalue weighted by Gasteiger charge is -2.32. The van der Waals surface area contributed by atoms with Crippen molar-refractivity contribution in [2.75, 3.05) is 13.6 Å². The normalized spacial score (nSPS) is 20.5. The molecule has 0 aromatic carbocycles. The summed E-state index contributed by atoms with van der Waals surface area (Å²) in [6.07, 6.45) is 6.23. The van der Waals surface area contributed by atoms with E-state index in [2.05, 4.69) is 18.9 Å². The molecule has 1 aromatic heterocycles. The molecule has 84 valence electrons. The molecule has 1 fully saturated rings. The predicted molar refractivity (Wildman–Crippen MR) is 60.5 cm³/mol. The molecule has 0 radical (unpaired) electrons. The van der Waals surface area contributed by atoms with E-state index in [1.54, 1.807) is 6.26 Å². The molecule has 3 heteroatoms. The Labute approximate surface area is 91.2 Å². The highest BCUT2D eigenvalue weighted by Crippen LogP contribution is 2.37. The zero-order valence-corrected chi connectivity index (χ0v) is 9.52. The van der Waals surface area contributed by atoms with Gasteiger partial charge in [-0.2, -0.15) is 0 Å². The first-order valence-electron chi connectivity index (χ1n) is 5.68. The van der Waals surface area contributed by atoms with E-state index >= 15 is 0 Å². The third kappa shape index (κ3) is 2.24. The molecule has 1 aliphatic carbocycles. The molecule has 0 saturated heterocycles. The van der Waals surface area contributed by atoms with E-state index in [0.717, 1.165) is 12.5 Å². The summed E-state index contributed by atoms with van der Waals surface area (Å²) in [7, 11) is 2.16. The molecule has 0 aliphatic heterocycles. The molecular formula is C12H20N2O. The quantitative estimate of drug-likeness (QED) is 0.805. The number of nitrogens with zero attached hydrogens (tertiary/aromatic N) is 1. The van der Waals surface area contributed by atoms with Gasteiger partial charge in [0.05, 0.1) is 12.5 Å². The van der Waals surface area contributed by atoms with E-state index in [4.69, 9.17) is 10.2 Å². The lowest BCUT2D eigenvalue weighted by Crippen LogP contribution is -2.40. The number of likely N-dealkylation sites (N-methyl/N-ethyl adjacent to an activating group) is 1. The Balaban J connectivity index is 2.02. The second-order valence-electron chi connectivity index (χ2n) is 4.54. The minimum atomic E-state index is 0.387. The second kappa shape index (κ2) is 4.37. The number of nitrogens with two attached hydrogens (primary N) is 1. The Morgan fingerprint density at radius 2 is 2.33 bits per heavy atom. The van der Waals surface area contributed by atoms with Crippen LogP contribution < -0.4 is 5.73 Å². The minimum Gasteiger partial charge on any atom is -0.472 e. The van der Waals surface area contributed by atoms with Gasteiger partial charge in [0.25, 0.3) is 0 Å². The average molecular weight is 208 g/mol. The second-order valence-corrected chi connectivity index (χ2v) is 4.54. The first-order chi connectivity index (χ1) is 7.24. The van der Waals surface area contributed by atoms with Crippen molar-refractivity contribution < 1.29 is 4.42 Å². The third-order valence-corrected chi connectivity index (χ3v) is 3.57. The molecule has 2 unspecified atom stereocenters. The molecule has 1 aliphatic rings. The van der Waals surface area contributed by atoms with Gasteiger partial charge in [-0.1, -0.05) is 0 Å². The highest BCUT2D eigenvalue weighted by molar-refractivity contribution is 5.11. The monoisotopic (exact) mass is 208 g/mol. The van der Waals surface area contributed by atoms with E-state index in [0.29, 0.717) is 12.1 Å². The van der Waals surface area contributed by atoms with Crippen molar-refractivity contribution in [3.63, 3.8) is 0 Å². The Morgan fingerprint density at radius 1 is 1.60 bits per heavy atom. The zero-order chi connectivity index (χ0) is 10.8. The summed E-state index contributed by atoms with van der Waals surface area (Å²) in [6, 6.07) is 2.94. The van der Waals surface area contributed by atoms with E-state index in [9.17, 15) is 0 Å². The molecule has 0 amide bonds. The summed E-state index contributed by atoms with van der Waals surface area (Å²) in [5.74, 6) is 0.814. The summed E-state index contributed by atoms with van der Waals surface area (Å²) in [4.78, 5) is 2.38. The number of hydrogen-bond donors (Lipinski definition) is 1. The van der Waals surface area contributed by atoms with E-state index in [1.807, 2.05) is 12.3 Å². The van der Waals surface area contributed by atoms with Crippen LogP contribution in [0.3, 0.4) is 0 Å². The maximum atomic E-state index is 5.84. The fourth-order valence-corrected chi connectivity index (χ4v) is 2.21. The van der Waals surface area contributed by atoms with Crippen LogP contribution in [0.15, 0.2) is 23.0 Å². The zero-order valence-electron chi connectivity index (χ0n) is 9.52. The van der Waals surface area contributed by atoms with Crippen LogP contribution in [0.5, 0.6) is 0 Å².